The number of hydrogen-bond donors (Lipinski definition) is 0. The molecule has 1 spiro atoms. The van der Waals surface area contributed by atoms with Crippen LogP contribution >= 0.6 is 0 Å². The van der Waals surface area contributed by atoms with Crippen LogP contribution in [-0.2, 0) is 16.2 Å². The van der Waals surface area contributed by atoms with Crippen LogP contribution in [0.4, 0.5) is 0 Å². The monoisotopic (exact) mass is 444 g/mol. The quantitative estimate of drug-likeness (QED) is 0.397. The first-order valence-corrected chi connectivity index (χ1v) is 11.1. The van der Waals surface area contributed by atoms with E-state index in [9.17, 15) is 0 Å². The van der Waals surface area contributed by atoms with Gasteiger partial charge in [-0.1, -0.05) is 54.0 Å². The predicted molar refractivity (Wildman–Crippen MR) is 132 cm³/mol. The van der Waals surface area contributed by atoms with Gasteiger partial charge in [-0.05, 0) is 70.2 Å². The molecule has 0 unspecified atom stereocenters. The van der Waals surface area contributed by atoms with Crippen LogP contribution in [0, 0.1) is 0 Å². The second-order valence-corrected chi connectivity index (χ2v) is 10.0. The molecule has 0 saturated carbocycles. The lowest BCUT2D eigenvalue weighted by Gasteiger charge is -2.30. The van der Waals surface area contributed by atoms with Gasteiger partial charge < -0.3 is 18.9 Å². The lowest BCUT2D eigenvalue weighted by atomic mass is 9.72. The predicted octanol–water partition coefficient (Wildman–Crippen LogP) is 7.42. The summed E-state index contributed by atoms with van der Waals surface area (Å²) in [6, 6.07) is 8.40. The van der Waals surface area contributed by atoms with Crippen molar-refractivity contribution in [1.82, 2.24) is 0 Å². The van der Waals surface area contributed by atoms with Gasteiger partial charge in [-0.25, -0.2) is 0 Å². The van der Waals surface area contributed by atoms with E-state index >= 15 is 0 Å². The summed E-state index contributed by atoms with van der Waals surface area (Å²) in [5.74, 6) is 2.52. The van der Waals surface area contributed by atoms with Crippen molar-refractivity contribution >= 4 is 0 Å². The van der Waals surface area contributed by atoms with Gasteiger partial charge in [0, 0.05) is 5.41 Å². The van der Waals surface area contributed by atoms with Crippen molar-refractivity contribution in [1.29, 1.82) is 0 Å². The Morgan fingerprint density at radius 2 is 0.818 bits per heavy atom. The Morgan fingerprint density at radius 1 is 0.545 bits per heavy atom. The van der Waals surface area contributed by atoms with Crippen molar-refractivity contribution in [2.24, 2.45) is 0 Å². The van der Waals surface area contributed by atoms with Gasteiger partial charge in [0.1, 0.15) is 0 Å². The van der Waals surface area contributed by atoms with Crippen molar-refractivity contribution in [2.45, 2.75) is 56.8 Å². The molecular formula is C29H32O4. The van der Waals surface area contributed by atoms with Crippen LogP contribution in [0.2, 0.25) is 0 Å². The van der Waals surface area contributed by atoms with E-state index in [2.05, 4.69) is 78.3 Å². The van der Waals surface area contributed by atoms with Crippen molar-refractivity contribution in [3.8, 4) is 23.0 Å². The zero-order valence-corrected chi connectivity index (χ0v) is 20.0. The lowest BCUT2D eigenvalue weighted by Crippen LogP contribution is -2.27. The molecule has 0 radical (unpaired) electrons. The van der Waals surface area contributed by atoms with Gasteiger partial charge in [-0.15, -0.1) is 0 Å². The maximum Gasteiger partial charge on any atom is 0.169 e. The van der Waals surface area contributed by atoms with Gasteiger partial charge in [-0.2, -0.15) is 0 Å². The highest BCUT2D eigenvalue weighted by atomic mass is 16.5. The number of rotatable bonds is 8. The lowest BCUT2D eigenvalue weighted by molar-refractivity contribution is 0.349. The first kappa shape index (κ1) is 22.8. The number of benzene rings is 2. The van der Waals surface area contributed by atoms with Gasteiger partial charge in [0.05, 0.1) is 25.0 Å². The van der Waals surface area contributed by atoms with Crippen LogP contribution in [0.25, 0.3) is 0 Å². The fourth-order valence-electron chi connectivity index (χ4n) is 6.05. The van der Waals surface area contributed by atoms with Crippen LogP contribution < -0.4 is 18.9 Å². The topological polar surface area (TPSA) is 36.9 Å². The molecule has 4 rings (SSSR count). The van der Waals surface area contributed by atoms with Crippen molar-refractivity contribution < 1.29 is 18.9 Å². The molecule has 0 N–H and O–H groups in total. The molecule has 2 aromatic rings. The summed E-state index contributed by atoms with van der Waals surface area (Å²) in [6.07, 6.45) is 7.59. The van der Waals surface area contributed by atoms with Gasteiger partial charge >= 0.3 is 0 Å². The number of fused-ring (bicyclic) bond motifs is 4. The zero-order chi connectivity index (χ0) is 24.0. The second-order valence-electron chi connectivity index (χ2n) is 10.0. The average molecular weight is 445 g/mol. The van der Waals surface area contributed by atoms with Crippen molar-refractivity contribution in [2.75, 3.05) is 0 Å². The smallest absolute Gasteiger partial charge is 0.169 e. The summed E-state index contributed by atoms with van der Waals surface area (Å²) in [5.41, 5.74) is 4.62. The summed E-state index contributed by atoms with van der Waals surface area (Å²) in [4.78, 5) is 0. The molecule has 4 heteroatoms. The van der Waals surface area contributed by atoms with Crippen LogP contribution in [-0.4, -0.2) is 0 Å². The molecule has 0 fully saturated rings. The van der Waals surface area contributed by atoms with Crippen LogP contribution in [0.1, 0.15) is 62.8 Å². The number of ether oxygens (including phenoxy) is 4. The Balaban J connectivity index is 2.02. The minimum Gasteiger partial charge on any atom is -0.462 e. The standard InChI is InChI=1S/C29H32O4/c1-9-30-23-13-19-21(15-25(23)32-11-3)29(17-27(19,5)6)18-28(7,8)20-14-24(31-10-2)26(33-12-4)16-22(20)29/h9-16H,1-4,17-18H2,5-8H3. The number of hydrogen-bond acceptors (Lipinski definition) is 4. The Kier molecular flexibility index (Phi) is 5.44. The van der Waals surface area contributed by atoms with E-state index in [0.717, 1.165) is 12.8 Å². The molecule has 0 bridgehead atoms. The van der Waals surface area contributed by atoms with E-state index in [1.165, 1.54) is 47.3 Å². The molecule has 0 aliphatic heterocycles. The molecular weight excluding hydrogens is 412 g/mol. The highest BCUT2D eigenvalue weighted by Gasteiger charge is 2.57. The maximum atomic E-state index is 5.76. The van der Waals surface area contributed by atoms with Crippen LogP contribution in [0.3, 0.4) is 0 Å². The zero-order valence-electron chi connectivity index (χ0n) is 20.0. The third-order valence-corrected chi connectivity index (χ3v) is 6.99. The van der Waals surface area contributed by atoms with Crippen LogP contribution in [0.15, 0.2) is 75.6 Å². The molecule has 2 aliphatic rings. The van der Waals surface area contributed by atoms with E-state index < -0.39 is 0 Å². The minimum absolute atomic E-state index is 0.0746. The summed E-state index contributed by atoms with van der Waals surface area (Å²) < 4.78 is 22.9. The molecule has 0 saturated heterocycles. The third kappa shape index (κ3) is 3.45. The second kappa shape index (κ2) is 7.87. The summed E-state index contributed by atoms with van der Waals surface area (Å²) in [5, 5.41) is 0. The molecule has 0 aromatic heterocycles. The van der Waals surface area contributed by atoms with E-state index in [4.69, 9.17) is 18.9 Å². The Morgan fingerprint density at radius 3 is 1.09 bits per heavy atom. The fraction of sp³-hybridized carbons (Fsp3) is 0.310. The first-order valence-electron chi connectivity index (χ1n) is 11.1. The summed E-state index contributed by atoms with van der Waals surface area (Å²) >= 11 is 0. The van der Waals surface area contributed by atoms with Crippen molar-refractivity contribution in [3.05, 3.63) is 97.9 Å². The molecule has 4 nitrogen and oxygen atoms in total. The Hall–Kier alpha value is -3.40. The Labute approximate surface area is 196 Å². The average Bonchev–Trinajstić information content (AvgIpc) is 3.09. The molecule has 33 heavy (non-hydrogen) atoms. The van der Waals surface area contributed by atoms with Gasteiger partial charge in [0.15, 0.2) is 23.0 Å². The van der Waals surface area contributed by atoms with E-state index in [0.29, 0.717) is 23.0 Å². The maximum absolute atomic E-state index is 5.76. The molecule has 2 aliphatic carbocycles. The first-order chi connectivity index (χ1) is 15.6. The van der Waals surface area contributed by atoms with Crippen LogP contribution in [0.5, 0.6) is 23.0 Å². The summed E-state index contributed by atoms with van der Waals surface area (Å²) in [7, 11) is 0. The minimum atomic E-state index is -0.213. The normalized spacial score (nSPS) is 18.1. The van der Waals surface area contributed by atoms with Gasteiger partial charge in [0.25, 0.3) is 0 Å². The SMILES string of the molecule is C=COc1cc2c(cc1OC=C)C1(CC2(C)C)CC(C)(C)c2cc(OC=C)c(OC=C)cc21. The molecule has 172 valence electrons. The molecule has 2 aromatic carbocycles. The van der Waals surface area contributed by atoms with Crippen molar-refractivity contribution in [3.63, 3.8) is 0 Å². The molecule has 0 atom stereocenters. The summed E-state index contributed by atoms with van der Waals surface area (Å²) in [6.45, 7) is 24.0. The Bertz CT molecular complexity index is 1060. The van der Waals surface area contributed by atoms with Gasteiger partial charge in [0.2, 0.25) is 0 Å². The van der Waals surface area contributed by atoms with E-state index in [-0.39, 0.29) is 16.2 Å². The fourth-order valence-corrected chi connectivity index (χ4v) is 6.05. The van der Waals surface area contributed by atoms with E-state index in [1.54, 1.807) is 0 Å². The molecule has 0 heterocycles. The molecule has 0 amide bonds. The highest BCUT2D eigenvalue weighted by Crippen LogP contribution is 2.64. The highest BCUT2D eigenvalue weighted by molar-refractivity contribution is 5.66. The van der Waals surface area contributed by atoms with E-state index in [1.807, 2.05) is 0 Å². The third-order valence-electron chi connectivity index (χ3n) is 6.99. The largest absolute Gasteiger partial charge is 0.462 e. The van der Waals surface area contributed by atoms with Gasteiger partial charge in [-0.3, -0.25) is 0 Å².